The van der Waals surface area contributed by atoms with Gasteiger partial charge in [0, 0.05) is 4.57 Å². The van der Waals surface area contributed by atoms with Gasteiger partial charge in [-0.25, -0.2) is 4.52 Å². The van der Waals surface area contributed by atoms with Crippen LogP contribution in [0.15, 0.2) is 12.3 Å². The molecule has 9 heavy (non-hydrogen) atoms. The van der Waals surface area contributed by atoms with Crippen molar-refractivity contribution >= 4 is 8.25 Å². The van der Waals surface area contributed by atoms with Crippen molar-refractivity contribution in [3.63, 3.8) is 0 Å². The van der Waals surface area contributed by atoms with Crippen LogP contribution in [-0.2, 0) is 9.09 Å². The summed E-state index contributed by atoms with van der Waals surface area (Å²) in [4.78, 5) is 8.10. The van der Waals surface area contributed by atoms with E-state index >= 15 is 0 Å². The highest BCUT2D eigenvalue weighted by Crippen LogP contribution is 2.14. The van der Waals surface area contributed by atoms with E-state index in [1.807, 2.05) is 13.8 Å². The van der Waals surface area contributed by atoms with Crippen molar-refractivity contribution in [3.05, 3.63) is 12.3 Å². The minimum absolute atomic E-state index is 0.347. The van der Waals surface area contributed by atoms with E-state index in [-0.39, 0.29) is 0 Å². The van der Waals surface area contributed by atoms with Gasteiger partial charge < -0.3 is 0 Å². The van der Waals surface area contributed by atoms with Gasteiger partial charge in [0.05, 0.1) is 0 Å². The lowest BCUT2D eigenvalue weighted by molar-refractivity contribution is 0.376. The van der Waals surface area contributed by atoms with Crippen LogP contribution in [0.5, 0.6) is 0 Å². The molecule has 0 aliphatic carbocycles. The third-order valence-corrected chi connectivity index (χ3v) is 0.917. The van der Waals surface area contributed by atoms with Crippen molar-refractivity contribution in [1.82, 2.24) is 0 Å². The predicted octanol–water partition coefficient (Wildman–Crippen LogP) is 1.82. The van der Waals surface area contributed by atoms with Crippen LogP contribution in [-0.4, -0.2) is 4.89 Å². The Morgan fingerprint density at radius 3 is 2.56 bits per heavy atom. The summed E-state index contributed by atoms with van der Waals surface area (Å²) < 4.78 is 14.1. The Morgan fingerprint density at radius 1 is 1.67 bits per heavy atom. The molecule has 1 unspecified atom stereocenters. The molecule has 0 fully saturated rings. The fraction of sp³-hybridized carbons (Fsp3) is 0.600. The summed E-state index contributed by atoms with van der Waals surface area (Å²) in [6.07, 6.45) is 2.94. The molecule has 52 valence electrons. The number of hydrogen-bond donors (Lipinski definition) is 1. The molecule has 0 aliphatic rings. The lowest BCUT2D eigenvalue weighted by Crippen LogP contribution is -1.76. The van der Waals surface area contributed by atoms with Crippen molar-refractivity contribution in [2.45, 2.75) is 13.8 Å². The molecule has 0 bridgehead atoms. The Balaban J connectivity index is 3.36. The van der Waals surface area contributed by atoms with Crippen LogP contribution in [0, 0.1) is 5.92 Å². The monoisotopic (exact) mass is 149 g/mol. The summed E-state index contributed by atoms with van der Waals surface area (Å²) in [6, 6.07) is 0. The van der Waals surface area contributed by atoms with E-state index in [0.29, 0.717) is 5.92 Å². The molecule has 0 radical (unpaired) electrons. The zero-order chi connectivity index (χ0) is 7.28. The van der Waals surface area contributed by atoms with Crippen molar-refractivity contribution in [1.29, 1.82) is 0 Å². The van der Waals surface area contributed by atoms with E-state index in [1.165, 1.54) is 6.26 Å². The molecule has 1 N–H and O–H groups in total. The normalized spacial score (nSPS) is 12.7. The SMILES string of the molecule is CC(C)C=CO[P+](=O)O. The molecule has 0 saturated heterocycles. The molecule has 0 heterocycles. The van der Waals surface area contributed by atoms with E-state index in [1.54, 1.807) is 6.08 Å². The van der Waals surface area contributed by atoms with Crippen molar-refractivity contribution in [2.24, 2.45) is 5.92 Å². The maximum absolute atomic E-state index is 9.86. The third-order valence-electron chi connectivity index (χ3n) is 0.614. The molecule has 0 aliphatic heterocycles. The topological polar surface area (TPSA) is 46.5 Å². The van der Waals surface area contributed by atoms with Gasteiger partial charge >= 0.3 is 8.25 Å². The first-order valence-corrected chi connectivity index (χ1v) is 3.75. The Bertz CT molecular complexity index is 119. The smallest absolute Gasteiger partial charge is 0.238 e. The van der Waals surface area contributed by atoms with Gasteiger partial charge in [0.15, 0.2) is 6.26 Å². The van der Waals surface area contributed by atoms with Crippen LogP contribution in [0.1, 0.15) is 13.8 Å². The average Bonchev–Trinajstić information content (AvgIpc) is 1.63. The minimum atomic E-state index is -2.47. The molecule has 0 amide bonds. The Hall–Kier alpha value is -0.400. The van der Waals surface area contributed by atoms with Gasteiger partial charge in [-0.2, -0.15) is 0 Å². The lowest BCUT2D eigenvalue weighted by atomic mass is 10.2. The third kappa shape index (κ3) is 7.60. The van der Waals surface area contributed by atoms with Crippen molar-refractivity contribution in [3.8, 4) is 0 Å². The largest absolute Gasteiger partial charge is 0.746 e. The standard InChI is InChI=1S/C5H9O3P/c1-5(2)3-4-8-9(6)7/h3-5H,1-2H3/p+1. The van der Waals surface area contributed by atoms with E-state index in [2.05, 4.69) is 4.52 Å². The second-order valence-corrected chi connectivity index (χ2v) is 2.60. The van der Waals surface area contributed by atoms with Crippen LogP contribution >= 0.6 is 8.25 Å². The zero-order valence-corrected chi connectivity index (χ0v) is 6.34. The first-order chi connectivity index (χ1) is 4.13. The van der Waals surface area contributed by atoms with E-state index in [4.69, 9.17) is 4.89 Å². The zero-order valence-electron chi connectivity index (χ0n) is 5.44. The highest BCUT2D eigenvalue weighted by molar-refractivity contribution is 7.32. The first kappa shape index (κ1) is 8.60. The summed E-state index contributed by atoms with van der Waals surface area (Å²) in [7, 11) is -2.47. The second-order valence-electron chi connectivity index (χ2n) is 1.92. The van der Waals surface area contributed by atoms with Gasteiger partial charge in [-0.1, -0.05) is 13.8 Å². The van der Waals surface area contributed by atoms with Crippen molar-refractivity contribution in [2.75, 3.05) is 0 Å². The van der Waals surface area contributed by atoms with Gasteiger partial charge in [0.2, 0.25) is 0 Å². The van der Waals surface area contributed by atoms with E-state index in [0.717, 1.165) is 0 Å². The molecular weight excluding hydrogens is 139 g/mol. The Morgan fingerprint density at radius 2 is 2.22 bits per heavy atom. The predicted molar refractivity (Wildman–Crippen MR) is 34.9 cm³/mol. The van der Waals surface area contributed by atoms with Crippen LogP contribution in [0.4, 0.5) is 0 Å². The fourth-order valence-electron chi connectivity index (χ4n) is 0.244. The maximum Gasteiger partial charge on any atom is 0.746 e. The number of rotatable bonds is 3. The summed E-state index contributed by atoms with van der Waals surface area (Å²) in [6.45, 7) is 3.90. The highest BCUT2D eigenvalue weighted by atomic mass is 31.1. The molecule has 0 aromatic carbocycles. The highest BCUT2D eigenvalue weighted by Gasteiger charge is 2.06. The molecule has 0 rings (SSSR count). The molecule has 0 aromatic heterocycles. The molecule has 0 spiro atoms. The quantitative estimate of drug-likeness (QED) is 0.491. The molecular formula is C5H10O3P+. The second kappa shape index (κ2) is 4.48. The number of allylic oxidation sites excluding steroid dienone is 1. The number of hydrogen-bond acceptors (Lipinski definition) is 2. The molecule has 3 nitrogen and oxygen atoms in total. The summed E-state index contributed by atoms with van der Waals surface area (Å²) >= 11 is 0. The minimum Gasteiger partial charge on any atom is -0.238 e. The average molecular weight is 149 g/mol. The molecule has 0 saturated carbocycles. The Kier molecular flexibility index (Phi) is 4.28. The first-order valence-electron chi connectivity index (χ1n) is 2.62. The summed E-state index contributed by atoms with van der Waals surface area (Å²) in [5.74, 6) is 0.347. The van der Waals surface area contributed by atoms with Gasteiger partial charge in [0.25, 0.3) is 0 Å². The fourth-order valence-corrected chi connectivity index (χ4v) is 0.419. The van der Waals surface area contributed by atoms with Gasteiger partial charge in [-0.3, -0.25) is 0 Å². The van der Waals surface area contributed by atoms with Gasteiger partial charge in [0.1, 0.15) is 0 Å². The van der Waals surface area contributed by atoms with Crippen LogP contribution in [0.3, 0.4) is 0 Å². The van der Waals surface area contributed by atoms with E-state index < -0.39 is 8.25 Å². The van der Waals surface area contributed by atoms with Crippen LogP contribution < -0.4 is 0 Å². The maximum atomic E-state index is 9.86. The van der Waals surface area contributed by atoms with E-state index in [9.17, 15) is 4.57 Å². The summed E-state index contributed by atoms with van der Waals surface area (Å²) in [5, 5.41) is 0. The van der Waals surface area contributed by atoms with Crippen LogP contribution in [0.25, 0.3) is 0 Å². The Labute approximate surface area is 55.3 Å². The molecule has 4 heteroatoms. The summed E-state index contributed by atoms with van der Waals surface area (Å²) in [5.41, 5.74) is 0. The van der Waals surface area contributed by atoms with Crippen LogP contribution in [0.2, 0.25) is 0 Å². The molecule has 0 aromatic rings. The van der Waals surface area contributed by atoms with Crippen molar-refractivity contribution < 1.29 is 14.0 Å². The van der Waals surface area contributed by atoms with Gasteiger partial charge in [-0.05, 0) is 12.0 Å². The lowest BCUT2D eigenvalue weighted by Gasteiger charge is -1.87. The van der Waals surface area contributed by atoms with Gasteiger partial charge in [-0.15, -0.1) is 4.89 Å². The molecule has 1 atom stereocenters.